The molecule has 26 heavy (non-hydrogen) atoms. The highest BCUT2D eigenvalue weighted by Crippen LogP contribution is 2.31. The first-order valence-corrected chi connectivity index (χ1v) is 8.72. The second-order valence-electron chi connectivity index (χ2n) is 6.68. The first-order valence-electron chi connectivity index (χ1n) is 8.72. The number of nitrogens with one attached hydrogen (secondary N) is 1. The summed E-state index contributed by atoms with van der Waals surface area (Å²) < 4.78 is 43.7. The minimum atomic E-state index is -4.37. The van der Waals surface area contributed by atoms with E-state index in [9.17, 15) is 18.0 Å². The number of hydrogen-bond donors (Lipinski definition) is 2. The molecule has 1 aromatic rings. The average molecular weight is 373 g/mol. The predicted octanol–water partition coefficient (Wildman–Crippen LogP) is 2.18. The third-order valence-electron chi connectivity index (χ3n) is 4.78. The van der Waals surface area contributed by atoms with Gasteiger partial charge in [-0.3, -0.25) is 9.69 Å². The molecule has 0 radical (unpaired) electrons. The molecule has 3 atom stereocenters. The van der Waals surface area contributed by atoms with Gasteiger partial charge in [0, 0.05) is 31.6 Å². The normalized spacial score (nSPS) is 19.6. The van der Waals surface area contributed by atoms with E-state index >= 15 is 0 Å². The summed E-state index contributed by atoms with van der Waals surface area (Å²) in [5, 5.41) is 2.88. The monoisotopic (exact) mass is 373 g/mol. The number of alkyl halides is 3. The zero-order chi connectivity index (χ0) is 19.3. The molecule has 1 aliphatic rings. The Morgan fingerprint density at radius 3 is 2.31 bits per heavy atom. The molecular formula is C18H26F3N3O2. The number of carbonyl (C=O) groups excluding carboxylic acids is 1. The SMILES string of the molecule is CC(N)C(C)C(=O)NCC(c1ccc(C(F)(F)F)cc1)N1CCOCC1. The molecule has 0 spiro atoms. The van der Waals surface area contributed by atoms with Crippen molar-refractivity contribution < 1.29 is 22.7 Å². The molecule has 0 aliphatic carbocycles. The maximum atomic E-state index is 12.8. The molecule has 0 aromatic heterocycles. The van der Waals surface area contributed by atoms with Crippen molar-refractivity contribution in [3.05, 3.63) is 35.4 Å². The van der Waals surface area contributed by atoms with Crippen LogP contribution in [0.4, 0.5) is 13.2 Å². The van der Waals surface area contributed by atoms with Gasteiger partial charge in [-0.2, -0.15) is 13.2 Å². The first-order chi connectivity index (χ1) is 12.2. The number of carbonyl (C=O) groups is 1. The standard InChI is InChI=1S/C18H26F3N3O2/c1-12(13(2)22)17(25)23-11-16(24-7-9-26-10-8-24)14-3-5-15(6-4-14)18(19,20)21/h3-6,12-13,16H,7-11,22H2,1-2H3,(H,23,25). The Labute approximate surface area is 151 Å². The number of amides is 1. The van der Waals surface area contributed by atoms with Crippen LogP contribution in [0.3, 0.4) is 0 Å². The summed E-state index contributed by atoms with van der Waals surface area (Å²) in [5.74, 6) is -0.502. The van der Waals surface area contributed by atoms with Gasteiger partial charge in [-0.15, -0.1) is 0 Å². The molecule has 146 valence electrons. The van der Waals surface area contributed by atoms with Gasteiger partial charge < -0.3 is 15.8 Å². The molecule has 1 amide bonds. The predicted molar refractivity (Wildman–Crippen MR) is 92.4 cm³/mol. The molecule has 2 rings (SSSR count). The molecule has 8 heteroatoms. The van der Waals surface area contributed by atoms with Crippen molar-refractivity contribution in [2.75, 3.05) is 32.8 Å². The number of morpholine rings is 1. The summed E-state index contributed by atoms with van der Waals surface area (Å²) in [4.78, 5) is 14.3. The Balaban J connectivity index is 2.14. The summed E-state index contributed by atoms with van der Waals surface area (Å²) in [6.45, 7) is 6.25. The van der Waals surface area contributed by atoms with Crippen LogP contribution in [-0.4, -0.2) is 49.7 Å². The number of nitrogens with two attached hydrogens (primary N) is 1. The number of nitrogens with zero attached hydrogens (tertiary/aromatic N) is 1. The topological polar surface area (TPSA) is 67.6 Å². The number of halogens is 3. The van der Waals surface area contributed by atoms with Gasteiger partial charge in [0.05, 0.1) is 24.8 Å². The summed E-state index contributed by atoms with van der Waals surface area (Å²) in [5.41, 5.74) is 5.81. The smallest absolute Gasteiger partial charge is 0.379 e. The lowest BCUT2D eigenvalue weighted by molar-refractivity contribution is -0.137. The Bertz CT molecular complexity index is 584. The quantitative estimate of drug-likeness (QED) is 0.802. The fourth-order valence-corrected chi connectivity index (χ4v) is 2.84. The minimum absolute atomic E-state index is 0.162. The summed E-state index contributed by atoms with van der Waals surface area (Å²) in [7, 11) is 0. The summed E-state index contributed by atoms with van der Waals surface area (Å²) in [6.07, 6.45) is -4.37. The van der Waals surface area contributed by atoms with E-state index in [0.29, 0.717) is 32.8 Å². The second-order valence-corrected chi connectivity index (χ2v) is 6.68. The molecule has 1 aliphatic heterocycles. The molecule has 5 nitrogen and oxygen atoms in total. The lowest BCUT2D eigenvalue weighted by Crippen LogP contribution is -2.46. The third kappa shape index (κ3) is 5.43. The van der Waals surface area contributed by atoms with E-state index in [0.717, 1.165) is 17.7 Å². The highest BCUT2D eigenvalue weighted by molar-refractivity contribution is 5.78. The van der Waals surface area contributed by atoms with Crippen LogP contribution in [0, 0.1) is 5.92 Å². The van der Waals surface area contributed by atoms with Crippen molar-refractivity contribution in [1.29, 1.82) is 0 Å². The number of benzene rings is 1. The Morgan fingerprint density at radius 2 is 1.81 bits per heavy atom. The van der Waals surface area contributed by atoms with Gasteiger partial charge in [0.2, 0.25) is 5.91 Å². The van der Waals surface area contributed by atoms with Crippen LogP contribution in [0.25, 0.3) is 0 Å². The van der Waals surface area contributed by atoms with E-state index in [1.165, 1.54) is 12.1 Å². The molecular weight excluding hydrogens is 347 g/mol. The fraction of sp³-hybridized carbons (Fsp3) is 0.611. The molecule has 1 fully saturated rings. The van der Waals surface area contributed by atoms with Crippen molar-refractivity contribution in [3.8, 4) is 0 Å². The first kappa shape index (κ1) is 20.7. The van der Waals surface area contributed by atoms with E-state index in [-0.39, 0.29) is 23.9 Å². The largest absolute Gasteiger partial charge is 0.416 e. The number of hydrogen-bond acceptors (Lipinski definition) is 4. The lowest BCUT2D eigenvalue weighted by Gasteiger charge is -2.35. The molecule has 3 N–H and O–H groups in total. The number of ether oxygens (including phenoxy) is 1. The van der Waals surface area contributed by atoms with Gasteiger partial charge in [0.1, 0.15) is 0 Å². The van der Waals surface area contributed by atoms with E-state index in [1.54, 1.807) is 13.8 Å². The Hall–Kier alpha value is -1.64. The third-order valence-corrected chi connectivity index (χ3v) is 4.78. The van der Waals surface area contributed by atoms with Crippen LogP contribution >= 0.6 is 0 Å². The van der Waals surface area contributed by atoms with Crippen LogP contribution < -0.4 is 11.1 Å². The van der Waals surface area contributed by atoms with Crippen molar-refractivity contribution in [3.63, 3.8) is 0 Å². The maximum absolute atomic E-state index is 12.8. The Kier molecular flexibility index (Phi) is 7.02. The highest BCUT2D eigenvalue weighted by Gasteiger charge is 2.31. The summed E-state index contributed by atoms with van der Waals surface area (Å²) in [6, 6.07) is 4.62. The van der Waals surface area contributed by atoms with Crippen LogP contribution in [-0.2, 0) is 15.7 Å². The highest BCUT2D eigenvalue weighted by atomic mass is 19.4. The second kappa shape index (κ2) is 8.83. The van der Waals surface area contributed by atoms with E-state index in [2.05, 4.69) is 10.2 Å². The molecule has 0 saturated carbocycles. The van der Waals surface area contributed by atoms with Gasteiger partial charge in [-0.05, 0) is 24.6 Å². The van der Waals surface area contributed by atoms with E-state index in [4.69, 9.17) is 10.5 Å². The molecule has 1 saturated heterocycles. The molecule has 0 bridgehead atoms. The zero-order valence-corrected chi connectivity index (χ0v) is 15.1. The van der Waals surface area contributed by atoms with Gasteiger partial charge in [-0.25, -0.2) is 0 Å². The maximum Gasteiger partial charge on any atom is 0.416 e. The number of rotatable bonds is 6. The van der Waals surface area contributed by atoms with Gasteiger partial charge in [0.15, 0.2) is 0 Å². The van der Waals surface area contributed by atoms with Crippen LogP contribution in [0.1, 0.15) is 31.0 Å². The zero-order valence-electron chi connectivity index (χ0n) is 15.1. The van der Waals surface area contributed by atoms with Crippen molar-refractivity contribution in [2.24, 2.45) is 11.7 Å². The Morgan fingerprint density at radius 1 is 1.23 bits per heavy atom. The minimum Gasteiger partial charge on any atom is -0.379 e. The molecule has 3 unspecified atom stereocenters. The van der Waals surface area contributed by atoms with Crippen LogP contribution in [0.5, 0.6) is 0 Å². The lowest BCUT2D eigenvalue weighted by atomic mass is 10.0. The van der Waals surface area contributed by atoms with Crippen molar-refractivity contribution >= 4 is 5.91 Å². The average Bonchev–Trinajstić information content (AvgIpc) is 2.61. The summed E-state index contributed by atoms with van der Waals surface area (Å²) >= 11 is 0. The fourth-order valence-electron chi connectivity index (χ4n) is 2.84. The van der Waals surface area contributed by atoms with Gasteiger partial charge >= 0.3 is 6.18 Å². The van der Waals surface area contributed by atoms with Gasteiger partial charge in [0.25, 0.3) is 0 Å². The van der Waals surface area contributed by atoms with Crippen LogP contribution in [0.2, 0.25) is 0 Å². The molecule has 1 aromatic carbocycles. The van der Waals surface area contributed by atoms with Gasteiger partial charge in [-0.1, -0.05) is 19.1 Å². The van der Waals surface area contributed by atoms with E-state index in [1.807, 2.05) is 0 Å². The van der Waals surface area contributed by atoms with E-state index < -0.39 is 11.7 Å². The van der Waals surface area contributed by atoms with Crippen molar-refractivity contribution in [2.45, 2.75) is 32.1 Å². The van der Waals surface area contributed by atoms with Crippen molar-refractivity contribution in [1.82, 2.24) is 10.2 Å². The molecule has 1 heterocycles. The van der Waals surface area contributed by atoms with Crippen LogP contribution in [0.15, 0.2) is 24.3 Å².